The number of hydrogen-bond donors (Lipinski definition) is 0. The molecule has 57 heavy (non-hydrogen) atoms. The van der Waals surface area contributed by atoms with Gasteiger partial charge in [0.1, 0.15) is 0 Å². The molecule has 0 spiro atoms. The van der Waals surface area contributed by atoms with Gasteiger partial charge in [0.25, 0.3) is 0 Å². The highest BCUT2D eigenvalue weighted by Gasteiger charge is 2.22. The van der Waals surface area contributed by atoms with Crippen LogP contribution in [0.1, 0.15) is 139 Å². The van der Waals surface area contributed by atoms with E-state index in [1.165, 1.54) is 0 Å². The molecule has 1 aromatic rings. The van der Waals surface area contributed by atoms with Gasteiger partial charge in [-0.15, -0.1) is 0 Å². The summed E-state index contributed by atoms with van der Waals surface area (Å²) in [5.74, 6) is 2.33. The van der Waals surface area contributed by atoms with Crippen LogP contribution in [0.4, 0.5) is 17.8 Å². The fourth-order valence-electron chi connectivity index (χ4n) is 6.05. The van der Waals surface area contributed by atoms with Gasteiger partial charge in [0.05, 0.1) is 19.8 Å². The first-order chi connectivity index (χ1) is 27.0. The second-order valence-electron chi connectivity index (χ2n) is 16.7. The van der Waals surface area contributed by atoms with Crippen molar-refractivity contribution in [1.29, 1.82) is 0 Å². The maximum Gasteiger partial charge on any atom is 0.333 e. The molecule has 0 N–H and O–H groups in total. The quantitative estimate of drug-likeness (QED) is 0.0291. The molecule has 1 aromatic heterocycles. The van der Waals surface area contributed by atoms with Crippen LogP contribution in [0, 0.1) is 17.8 Å². The number of carbonyl (C=O) groups excluding carboxylic acids is 3. The van der Waals surface area contributed by atoms with Crippen molar-refractivity contribution in [2.24, 2.45) is 17.8 Å². The van der Waals surface area contributed by atoms with E-state index in [1.807, 2.05) is 0 Å². The lowest BCUT2D eigenvalue weighted by Gasteiger charge is -2.31. The molecule has 0 amide bonds. The normalized spacial score (nSPS) is 11.2. The molecule has 1 rings (SSSR count). The zero-order valence-electron chi connectivity index (χ0n) is 37.3. The molecule has 0 aliphatic rings. The minimum Gasteiger partial charge on any atom is -0.462 e. The van der Waals surface area contributed by atoms with Gasteiger partial charge in [-0.2, -0.15) is 15.0 Å². The van der Waals surface area contributed by atoms with Gasteiger partial charge in [0.2, 0.25) is 17.8 Å². The number of unbranched alkanes of at least 4 members (excludes halogenated alkanes) is 9. The van der Waals surface area contributed by atoms with E-state index in [9.17, 15) is 14.4 Å². The number of hydrogen-bond acceptors (Lipinski definition) is 12. The summed E-state index contributed by atoms with van der Waals surface area (Å²) >= 11 is 0. The third kappa shape index (κ3) is 23.8. The average Bonchev–Trinajstić information content (AvgIpc) is 3.14. The Hall–Kier alpha value is -3.96. The smallest absolute Gasteiger partial charge is 0.333 e. The van der Waals surface area contributed by atoms with Crippen LogP contribution >= 0.6 is 0 Å². The van der Waals surface area contributed by atoms with E-state index in [1.54, 1.807) is 20.8 Å². The molecule has 0 atom stereocenters. The molecule has 0 radical (unpaired) electrons. The Labute approximate surface area is 345 Å². The van der Waals surface area contributed by atoms with Crippen molar-refractivity contribution in [3.8, 4) is 0 Å². The number of carbonyl (C=O) groups is 3. The summed E-state index contributed by atoms with van der Waals surface area (Å²) in [6, 6.07) is 0. The number of aromatic nitrogens is 3. The summed E-state index contributed by atoms with van der Waals surface area (Å²) in [5, 5.41) is 0. The van der Waals surface area contributed by atoms with E-state index >= 15 is 0 Å². The van der Waals surface area contributed by atoms with Crippen molar-refractivity contribution in [2.45, 2.75) is 139 Å². The van der Waals surface area contributed by atoms with Crippen LogP contribution < -0.4 is 14.7 Å². The lowest BCUT2D eigenvalue weighted by atomic mass is 10.1. The molecule has 0 bridgehead atoms. The van der Waals surface area contributed by atoms with Gasteiger partial charge < -0.3 is 28.9 Å². The van der Waals surface area contributed by atoms with Crippen molar-refractivity contribution in [3.05, 3.63) is 36.5 Å². The van der Waals surface area contributed by atoms with Crippen molar-refractivity contribution in [2.75, 3.05) is 73.8 Å². The molecule has 0 aromatic carbocycles. The van der Waals surface area contributed by atoms with Gasteiger partial charge in [-0.25, -0.2) is 14.4 Å². The van der Waals surface area contributed by atoms with E-state index in [0.29, 0.717) is 72.1 Å². The van der Waals surface area contributed by atoms with Crippen LogP contribution in [0.2, 0.25) is 0 Å². The number of anilines is 3. The largest absolute Gasteiger partial charge is 0.462 e. The van der Waals surface area contributed by atoms with E-state index in [-0.39, 0.29) is 17.9 Å². The lowest BCUT2D eigenvalue weighted by molar-refractivity contribution is -0.139. The zero-order valence-corrected chi connectivity index (χ0v) is 37.3. The summed E-state index contributed by atoms with van der Waals surface area (Å²) in [7, 11) is 0. The van der Waals surface area contributed by atoms with Gasteiger partial charge in [0.15, 0.2) is 0 Å². The van der Waals surface area contributed by atoms with Crippen LogP contribution in [0.25, 0.3) is 0 Å². The minimum absolute atomic E-state index is 0.333. The van der Waals surface area contributed by atoms with Crippen molar-refractivity contribution >= 4 is 35.8 Å². The van der Waals surface area contributed by atoms with Crippen LogP contribution in [-0.4, -0.2) is 91.9 Å². The second kappa shape index (κ2) is 29.3. The Morgan fingerprint density at radius 1 is 0.439 bits per heavy atom. The molecule has 12 heteroatoms. The topological polar surface area (TPSA) is 127 Å². The predicted molar refractivity (Wildman–Crippen MR) is 234 cm³/mol. The first-order valence-corrected chi connectivity index (χ1v) is 21.5. The summed E-state index contributed by atoms with van der Waals surface area (Å²) in [4.78, 5) is 57.9. The monoisotopic (exact) mass is 799 g/mol. The first kappa shape index (κ1) is 51.1. The molecule has 1 heterocycles. The van der Waals surface area contributed by atoms with Gasteiger partial charge in [-0.3, -0.25) is 0 Å². The second-order valence-corrected chi connectivity index (χ2v) is 16.7. The van der Waals surface area contributed by atoms with Crippen LogP contribution in [0.3, 0.4) is 0 Å². The SMILES string of the molecule is C=C(C)C(=O)OCCCCCCN(CC(C)C)c1nc(N(CCCCCCOC(=O)C(=C)C)CC(C)C)nc(N(CCCCCCOC(=O)C(=C)C)CC(C)C)n1. The predicted octanol–water partition coefficient (Wildman–Crippen LogP) is 9.30. The van der Waals surface area contributed by atoms with Crippen molar-refractivity contribution < 1.29 is 28.6 Å². The number of nitrogens with zero attached hydrogens (tertiary/aromatic N) is 6. The minimum atomic E-state index is -0.333. The molecule has 0 aliphatic heterocycles. The molecule has 0 fully saturated rings. The van der Waals surface area contributed by atoms with E-state index < -0.39 is 0 Å². The first-order valence-electron chi connectivity index (χ1n) is 21.5. The van der Waals surface area contributed by atoms with Crippen LogP contribution in [0.15, 0.2) is 36.5 Å². The molecule has 0 saturated heterocycles. The highest BCUT2D eigenvalue weighted by Crippen LogP contribution is 2.24. The Morgan fingerprint density at radius 2 is 0.667 bits per heavy atom. The number of ether oxygens (including phenoxy) is 3. The summed E-state index contributed by atoms with van der Waals surface area (Å²) < 4.78 is 15.9. The lowest BCUT2D eigenvalue weighted by Crippen LogP contribution is -2.36. The van der Waals surface area contributed by atoms with Gasteiger partial charge in [-0.05, 0) is 96.3 Å². The van der Waals surface area contributed by atoms with E-state index in [4.69, 9.17) is 29.2 Å². The molecule has 0 saturated carbocycles. The molecular formula is C45H78N6O6. The highest BCUT2D eigenvalue weighted by molar-refractivity contribution is 5.87. The molecule has 0 unspecified atom stereocenters. The van der Waals surface area contributed by atoms with Gasteiger partial charge >= 0.3 is 17.9 Å². The summed E-state index contributed by atoms with van der Waals surface area (Å²) in [5.41, 5.74) is 1.27. The Morgan fingerprint density at radius 3 is 0.877 bits per heavy atom. The molecular weight excluding hydrogens is 721 g/mol. The van der Waals surface area contributed by atoms with Crippen LogP contribution in [-0.2, 0) is 28.6 Å². The van der Waals surface area contributed by atoms with E-state index in [2.05, 4.69) is 76.0 Å². The van der Waals surface area contributed by atoms with Crippen LogP contribution in [0.5, 0.6) is 0 Å². The third-order valence-corrected chi connectivity index (χ3v) is 8.92. The molecule has 324 valence electrons. The van der Waals surface area contributed by atoms with Gasteiger partial charge in [-0.1, -0.05) is 80.5 Å². The maximum atomic E-state index is 11.8. The fourth-order valence-corrected chi connectivity index (χ4v) is 6.05. The van der Waals surface area contributed by atoms with Crippen molar-refractivity contribution in [3.63, 3.8) is 0 Å². The Balaban J connectivity index is 3.29. The molecule has 0 aliphatic carbocycles. The third-order valence-electron chi connectivity index (χ3n) is 8.92. The Bertz CT molecular complexity index is 1210. The maximum absolute atomic E-state index is 11.8. The van der Waals surface area contributed by atoms with Crippen molar-refractivity contribution in [1.82, 2.24) is 15.0 Å². The highest BCUT2D eigenvalue weighted by atomic mass is 16.5. The molecule has 12 nitrogen and oxygen atoms in total. The summed E-state index contributed by atoms with van der Waals surface area (Å²) in [6.45, 7) is 35.4. The summed E-state index contributed by atoms with van der Waals surface area (Å²) in [6.07, 6.45) is 11.2. The number of rotatable bonds is 33. The average molecular weight is 799 g/mol. The zero-order chi connectivity index (χ0) is 42.8. The fraction of sp³-hybridized carbons (Fsp3) is 0.733. The standard InChI is InChI=1S/C45H78N6O6/c1-34(2)31-49(25-19-13-16-22-28-55-40(52)37(7)8)43-46-44(50(32-35(3)4)26-20-14-17-23-29-56-41(53)38(9)10)48-45(47-43)51(33-36(5)6)27-21-15-18-24-30-57-42(54)39(11)12/h34-36H,7,9,11,13-33H2,1-6,8,10,12H3. The van der Waals surface area contributed by atoms with E-state index in [0.717, 1.165) is 116 Å². The Kier molecular flexibility index (Phi) is 26.2. The number of esters is 3. The van der Waals surface area contributed by atoms with Gasteiger partial charge in [0, 0.05) is 56.0 Å².